The Morgan fingerprint density at radius 2 is 1.33 bits per heavy atom. The van der Waals surface area contributed by atoms with Crippen molar-refractivity contribution in [2.45, 2.75) is 92.2 Å². The van der Waals surface area contributed by atoms with Crippen LogP contribution in [-0.4, -0.2) is 19.6 Å². The molecule has 0 saturated heterocycles. The average Bonchev–Trinajstić information content (AvgIpc) is 3.68. The Bertz CT molecular complexity index is 3410. The predicted octanol–water partition coefficient (Wildman–Crippen LogP) is 14.8. The van der Waals surface area contributed by atoms with E-state index in [1.807, 2.05) is 74.5 Å². The summed E-state index contributed by atoms with van der Waals surface area (Å²) in [4.78, 5) is 10.1. The second-order valence-corrected chi connectivity index (χ2v) is 17.6. The SMILES string of the molecule is [2H]c1c([2H])c(C(C([2H])([2H])[2H])(C([2H])([2H])[2H])C([2H])([2H])[2H])c([2H])c([2H])c1-c1ccnc(-c2[c-]c(-c3cccc4c3nc(-c3cc(C)cc(C)c3O)n4-c3ccc(C(C)(C)C)cc3-c3ccccc3)cc(C(C)(C)C)c2)c1.[Pt]. The fourth-order valence-corrected chi connectivity index (χ4v) is 7.58. The van der Waals surface area contributed by atoms with E-state index >= 15 is 0 Å². The molecular weight excluding hydrogens is 926 g/mol. The molecule has 2 aromatic heterocycles. The van der Waals surface area contributed by atoms with Crippen LogP contribution in [0.15, 0.2) is 133 Å². The molecule has 0 radical (unpaired) electrons. The number of rotatable bonds is 6. The standard InChI is InChI=1S/C56H56N3O.Pt/c1-35-28-36(2)52(60)47(29-35)53-58-51-45(18-15-19-50(51)59(53)49-25-24-43(55(6,7)8)34-46(49)38-16-13-12-14-17-38)40-30-41(32-44(31-40)56(9,10)11)48-33-39(26-27-57-48)37-20-22-42(23-21-37)54(3,4)5;/h12-29,31-34,60H,1-11H3;/q-1;/i3D3,4D3,5D3,20D,21D,22D,23D;. The van der Waals surface area contributed by atoms with Crippen molar-refractivity contribution in [3.63, 3.8) is 0 Å². The van der Waals surface area contributed by atoms with Gasteiger partial charge in [-0.2, -0.15) is 0 Å². The number of nitrogens with zero attached hydrogens (tertiary/aromatic N) is 3. The summed E-state index contributed by atoms with van der Waals surface area (Å²) in [6, 6.07) is 33.1. The number of benzene rings is 6. The zero-order chi connectivity index (χ0) is 53.7. The molecule has 8 aromatic rings. The van der Waals surface area contributed by atoms with Crippen molar-refractivity contribution in [2.24, 2.45) is 0 Å². The van der Waals surface area contributed by atoms with Crippen molar-refractivity contribution >= 4 is 11.0 Å². The molecule has 0 aliphatic carbocycles. The van der Waals surface area contributed by atoms with Gasteiger partial charge < -0.3 is 5.11 Å². The van der Waals surface area contributed by atoms with Gasteiger partial charge in [-0.1, -0.05) is 158 Å². The summed E-state index contributed by atoms with van der Waals surface area (Å²) in [7, 11) is 0. The quantitative estimate of drug-likeness (QED) is 0.169. The summed E-state index contributed by atoms with van der Waals surface area (Å²) in [5.41, 5.74) is 4.83. The number of phenolic OH excluding ortho intramolecular Hbond substituents is 1. The van der Waals surface area contributed by atoms with E-state index in [-0.39, 0.29) is 43.4 Å². The molecule has 0 bridgehead atoms. The van der Waals surface area contributed by atoms with Crippen LogP contribution in [0.25, 0.3) is 72.7 Å². The number of fused-ring (bicyclic) bond motifs is 1. The Balaban J connectivity index is 0.00000800. The van der Waals surface area contributed by atoms with E-state index in [9.17, 15) is 5.11 Å². The van der Waals surface area contributed by atoms with E-state index in [1.165, 1.54) is 12.3 Å². The Labute approximate surface area is 395 Å². The molecule has 0 fully saturated rings. The number of para-hydroxylation sites is 1. The van der Waals surface area contributed by atoms with Crippen LogP contribution in [0.5, 0.6) is 5.75 Å². The van der Waals surface area contributed by atoms with Crippen LogP contribution in [0.4, 0.5) is 0 Å². The second kappa shape index (κ2) is 16.4. The molecule has 61 heavy (non-hydrogen) atoms. The monoisotopic (exact) mass is 994 g/mol. The minimum atomic E-state index is -3.81. The van der Waals surface area contributed by atoms with Gasteiger partial charge in [0.25, 0.3) is 0 Å². The third-order valence-corrected chi connectivity index (χ3v) is 10.9. The molecule has 312 valence electrons. The Kier molecular flexibility index (Phi) is 7.95. The Hall–Kier alpha value is -5.57. The molecule has 8 rings (SSSR count). The first kappa shape index (κ1) is 29.6. The van der Waals surface area contributed by atoms with E-state index in [4.69, 9.17) is 22.8 Å². The third kappa shape index (κ3) is 8.66. The van der Waals surface area contributed by atoms with Gasteiger partial charge in [-0.3, -0.25) is 9.55 Å². The van der Waals surface area contributed by atoms with Crippen LogP contribution in [0.1, 0.15) is 108 Å². The number of aromatic nitrogens is 3. The van der Waals surface area contributed by atoms with E-state index in [0.29, 0.717) is 44.9 Å². The molecule has 0 spiro atoms. The topological polar surface area (TPSA) is 50.9 Å². The van der Waals surface area contributed by atoms with Crippen molar-refractivity contribution in [1.29, 1.82) is 0 Å². The van der Waals surface area contributed by atoms with E-state index in [1.54, 1.807) is 6.07 Å². The molecule has 0 saturated carbocycles. The summed E-state index contributed by atoms with van der Waals surface area (Å²) >= 11 is 0. The first-order chi connectivity index (χ1) is 33.8. The van der Waals surface area contributed by atoms with Gasteiger partial charge in [0, 0.05) is 50.9 Å². The number of aromatic hydroxyl groups is 1. The van der Waals surface area contributed by atoms with Crippen molar-refractivity contribution in [3.8, 4) is 67.5 Å². The minimum absolute atomic E-state index is 0. The predicted molar refractivity (Wildman–Crippen MR) is 252 cm³/mol. The van der Waals surface area contributed by atoms with Gasteiger partial charge in [-0.15, -0.1) is 29.3 Å². The molecule has 0 amide bonds. The molecule has 4 nitrogen and oxygen atoms in total. The van der Waals surface area contributed by atoms with Gasteiger partial charge in [0.05, 0.1) is 27.8 Å². The van der Waals surface area contributed by atoms with Crippen LogP contribution in [0.2, 0.25) is 0 Å². The summed E-state index contributed by atoms with van der Waals surface area (Å²) in [5, 5.41) is 11.8. The molecule has 0 atom stereocenters. The van der Waals surface area contributed by atoms with Gasteiger partial charge in [-0.05, 0) is 99.4 Å². The second-order valence-electron chi connectivity index (χ2n) is 17.6. The zero-order valence-corrected chi connectivity index (χ0v) is 37.8. The van der Waals surface area contributed by atoms with Gasteiger partial charge in [0.2, 0.25) is 0 Å². The number of phenols is 1. The summed E-state index contributed by atoms with van der Waals surface area (Å²) in [6.07, 6.45) is 1.42. The van der Waals surface area contributed by atoms with E-state index in [0.717, 1.165) is 39.0 Å². The maximum Gasteiger partial charge on any atom is 0.148 e. The van der Waals surface area contributed by atoms with Crippen molar-refractivity contribution in [3.05, 3.63) is 167 Å². The van der Waals surface area contributed by atoms with Crippen LogP contribution >= 0.6 is 0 Å². The van der Waals surface area contributed by atoms with Crippen LogP contribution in [-0.2, 0) is 37.3 Å². The maximum absolute atomic E-state index is 11.8. The average molecular weight is 995 g/mol. The van der Waals surface area contributed by atoms with Gasteiger partial charge >= 0.3 is 0 Å². The molecular formula is C56H56N3OPt-. The molecule has 6 aromatic carbocycles. The molecule has 0 aliphatic heterocycles. The van der Waals surface area contributed by atoms with Crippen molar-refractivity contribution in [1.82, 2.24) is 14.5 Å². The van der Waals surface area contributed by atoms with Gasteiger partial charge in [0.1, 0.15) is 11.6 Å². The number of hydrogen-bond acceptors (Lipinski definition) is 3. The summed E-state index contributed by atoms with van der Waals surface area (Å²) < 4.78 is 112. The van der Waals surface area contributed by atoms with E-state index in [2.05, 4.69) is 87.5 Å². The van der Waals surface area contributed by atoms with Gasteiger partial charge in [0.15, 0.2) is 0 Å². The van der Waals surface area contributed by atoms with Crippen LogP contribution in [0.3, 0.4) is 0 Å². The van der Waals surface area contributed by atoms with E-state index < -0.39 is 61.1 Å². The molecule has 0 aliphatic rings. The molecule has 5 heteroatoms. The Morgan fingerprint density at radius 1 is 0.623 bits per heavy atom. The smallest absolute Gasteiger partial charge is 0.148 e. The van der Waals surface area contributed by atoms with Crippen LogP contribution in [0, 0.1) is 19.9 Å². The molecule has 0 unspecified atom stereocenters. The summed E-state index contributed by atoms with van der Waals surface area (Å²) in [6.45, 7) is 5.14. The zero-order valence-electron chi connectivity index (χ0n) is 48.5. The van der Waals surface area contributed by atoms with Crippen LogP contribution < -0.4 is 0 Å². The minimum Gasteiger partial charge on any atom is -0.507 e. The number of pyridine rings is 1. The maximum atomic E-state index is 11.8. The fraction of sp³-hybridized carbons (Fsp3) is 0.250. The molecule has 2 heterocycles. The Morgan fingerprint density at radius 3 is 2.02 bits per heavy atom. The number of imidazole rings is 1. The first-order valence-corrected chi connectivity index (χ1v) is 20.0. The normalized spacial score (nSPS) is 15.8. The molecule has 1 N–H and O–H groups in total. The largest absolute Gasteiger partial charge is 0.507 e. The van der Waals surface area contributed by atoms with Gasteiger partial charge in [-0.25, -0.2) is 4.98 Å². The third-order valence-electron chi connectivity index (χ3n) is 10.9. The van der Waals surface area contributed by atoms with Crippen molar-refractivity contribution < 1.29 is 44.0 Å². The first-order valence-electron chi connectivity index (χ1n) is 26.5. The number of hydrogen-bond donors (Lipinski definition) is 1. The summed E-state index contributed by atoms with van der Waals surface area (Å²) in [5.74, 6) is 0.627. The number of aryl methyl sites for hydroxylation is 2. The fourth-order valence-electron chi connectivity index (χ4n) is 7.58. The van der Waals surface area contributed by atoms with Crippen molar-refractivity contribution in [2.75, 3.05) is 0 Å².